The number of pyridine rings is 1. The van der Waals surface area contributed by atoms with Crippen LogP contribution in [0.1, 0.15) is 27.0 Å². The number of anilines is 2. The number of hydrogen-bond donors (Lipinski definition) is 2. The summed E-state index contributed by atoms with van der Waals surface area (Å²) in [5.74, 6) is 6.19. The summed E-state index contributed by atoms with van der Waals surface area (Å²) >= 11 is 0. The van der Waals surface area contributed by atoms with Crippen LogP contribution in [0, 0.1) is 18.8 Å². The number of benzene rings is 2. The molecular formula is C30H24F3N5O3S. The van der Waals surface area contributed by atoms with Crippen LogP contribution in [0.2, 0.25) is 0 Å². The number of allylic oxidation sites excluding steroid dienone is 2. The summed E-state index contributed by atoms with van der Waals surface area (Å²) in [7, 11) is -3.30. The number of aryl methyl sites for hydroxylation is 1. The number of rotatable bonds is 5. The van der Waals surface area contributed by atoms with Crippen LogP contribution in [0.25, 0.3) is 0 Å². The third-order valence-electron chi connectivity index (χ3n) is 6.51. The van der Waals surface area contributed by atoms with E-state index in [4.69, 9.17) is 0 Å². The normalized spacial score (nSPS) is 16.1. The average molecular weight is 592 g/mol. The maximum Gasteiger partial charge on any atom is 0.416 e. The summed E-state index contributed by atoms with van der Waals surface area (Å²) in [6.07, 6.45) is 3.16. The molecule has 0 fully saturated rings. The van der Waals surface area contributed by atoms with Crippen molar-refractivity contribution in [3.8, 4) is 11.8 Å². The maximum atomic E-state index is 13.0. The molecular weight excluding hydrogens is 567 g/mol. The topological polar surface area (TPSA) is 104 Å². The molecule has 1 amide bonds. The number of carbonyl (C=O) groups is 1. The first-order valence-corrected chi connectivity index (χ1v) is 14.5. The predicted molar refractivity (Wildman–Crippen MR) is 154 cm³/mol. The van der Waals surface area contributed by atoms with Crippen LogP contribution in [0.4, 0.5) is 24.7 Å². The fourth-order valence-electron chi connectivity index (χ4n) is 4.27. The Bertz CT molecular complexity index is 1820. The fourth-order valence-corrected chi connectivity index (χ4v) is 4.90. The summed E-state index contributed by atoms with van der Waals surface area (Å²) in [5, 5.41) is 5.68. The molecule has 3 heterocycles. The zero-order valence-corrected chi connectivity index (χ0v) is 23.2. The van der Waals surface area contributed by atoms with Crippen molar-refractivity contribution in [2.75, 3.05) is 23.4 Å². The van der Waals surface area contributed by atoms with Crippen molar-refractivity contribution in [1.29, 1.82) is 0 Å². The molecule has 1 aromatic heterocycles. The van der Waals surface area contributed by atoms with Crippen molar-refractivity contribution >= 4 is 33.1 Å². The molecule has 214 valence electrons. The summed E-state index contributed by atoms with van der Waals surface area (Å²) in [6.45, 7) is 2.25. The lowest BCUT2D eigenvalue weighted by Crippen LogP contribution is -2.34. The van der Waals surface area contributed by atoms with Gasteiger partial charge in [-0.2, -0.15) is 13.2 Å². The van der Waals surface area contributed by atoms with E-state index in [2.05, 4.69) is 32.5 Å². The van der Waals surface area contributed by atoms with E-state index in [1.807, 2.05) is 30.2 Å². The minimum Gasteiger partial charge on any atom is -0.353 e. The number of nitrogens with one attached hydrogen (secondary N) is 2. The minimum atomic E-state index is -4.55. The molecule has 8 nitrogen and oxygen atoms in total. The van der Waals surface area contributed by atoms with Crippen molar-refractivity contribution < 1.29 is 26.4 Å². The Labute approximate surface area is 240 Å². The van der Waals surface area contributed by atoms with Gasteiger partial charge in [-0.1, -0.05) is 17.9 Å². The molecule has 2 aliphatic heterocycles. The molecule has 0 saturated heterocycles. The maximum absolute atomic E-state index is 13.0. The predicted octanol–water partition coefficient (Wildman–Crippen LogP) is 5.02. The van der Waals surface area contributed by atoms with E-state index in [0.717, 1.165) is 35.8 Å². The van der Waals surface area contributed by atoms with E-state index < -0.39 is 27.5 Å². The van der Waals surface area contributed by atoms with Crippen molar-refractivity contribution in [2.45, 2.75) is 24.0 Å². The van der Waals surface area contributed by atoms with Crippen LogP contribution in [-0.2, 0) is 16.0 Å². The van der Waals surface area contributed by atoms with Crippen LogP contribution in [0.15, 0.2) is 94.7 Å². The number of nitrogens with zero attached hydrogens (tertiary/aromatic N) is 3. The average Bonchev–Trinajstić information content (AvgIpc) is 3.36. The third-order valence-corrected chi connectivity index (χ3v) is 7.64. The molecule has 2 aliphatic rings. The number of amidine groups is 1. The van der Waals surface area contributed by atoms with Gasteiger partial charge in [0.25, 0.3) is 5.91 Å². The van der Waals surface area contributed by atoms with Gasteiger partial charge in [-0.05, 0) is 73.2 Å². The van der Waals surface area contributed by atoms with Crippen LogP contribution < -0.4 is 10.6 Å². The van der Waals surface area contributed by atoms with Crippen molar-refractivity contribution in [3.63, 3.8) is 0 Å². The number of hydrogen-bond acceptors (Lipinski definition) is 7. The second-order valence-corrected chi connectivity index (χ2v) is 11.6. The summed E-state index contributed by atoms with van der Waals surface area (Å²) in [6, 6.07) is 12.6. The number of fused-ring (bicyclic) bond motifs is 1. The Hall–Kier alpha value is -4.89. The Morgan fingerprint density at radius 1 is 1.10 bits per heavy atom. The molecule has 3 aromatic rings. The first-order chi connectivity index (χ1) is 19.9. The van der Waals surface area contributed by atoms with Gasteiger partial charge in [0.1, 0.15) is 11.9 Å². The standard InChI is InChI=1S/C30H24F3N5O3S/c1-19-5-6-21(29(39)37-27-17-22(13-14-34-27)30(31,32)33)16-20(19)7-10-24-18-35-28-26(4-3-15-38(24)28)36-23-8-11-25(12-9-23)42(2,40)41/h3-6,8-9,11-17,24,36H,18H2,1-2H3,(H,34,37,39). The van der Waals surface area contributed by atoms with E-state index in [-0.39, 0.29) is 22.3 Å². The molecule has 1 atom stereocenters. The van der Waals surface area contributed by atoms with Crippen LogP contribution in [0.3, 0.4) is 0 Å². The lowest BCUT2D eigenvalue weighted by atomic mass is 10.0. The molecule has 5 rings (SSSR count). The van der Waals surface area contributed by atoms with Gasteiger partial charge in [0.15, 0.2) is 15.7 Å². The Morgan fingerprint density at radius 2 is 1.86 bits per heavy atom. The highest BCUT2D eigenvalue weighted by Gasteiger charge is 2.31. The Balaban J connectivity index is 1.28. The molecule has 2 N–H and O–H groups in total. The quantitative estimate of drug-likeness (QED) is 0.404. The second kappa shape index (κ2) is 11.2. The number of alkyl halides is 3. The van der Waals surface area contributed by atoms with Gasteiger partial charge in [0, 0.05) is 35.5 Å². The summed E-state index contributed by atoms with van der Waals surface area (Å²) < 4.78 is 62.5. The smallest absolute Gasteiger partial charge is 0.353 e. The van der Waals surface area contributed by atoms with Crippen LogP contribution >= 0.6 is 0 Å². The Kier molecular flexibility index (Phi) is 7.62. The van der Waals surface area contributed by atoms with Gasteiger partial charge < -0.3 is 15.5 Å². The molecule has 12 heteroatoms. The van der Waals surface area contributed by atoms with E-state index in [1.165, 1.54) is 12.1 Å². The molecule has 0 aliphatic carbocycles. The van der Waals surface area contributed by atoms with E-state index >= 15 is 0 Å². The third kappa shape index (κ3) is 6.37. The van der Waals surface area contributed by atoms with Gasteiger partial charge in [-0.3, -0.25) is 9.79 Å². The molecule has 0 radical (unpaired) electrons. The number of aliphatic imine (C=N–C) groups is 1. The minimum absolute atomic E-state index is 0.209. The van der Waals surface area contributed by atoms with E-state index in [9.17, 15) is 26.4 Å². The highest BCUT2D eigenvalue weighted by atomic mass is 32.2. The monoisotopic (exact) mass is 591 g/mol. The molecule has 0 spiro atoms. The molecule has 0 bridgehead atoms. The lowest BCUT2D eigenvalue weighted by Gasteiger charge is -2.25. The lowest BCUT2D eigenvalue weighted by molar-refractivity contribution is -0.137. The fraction of sp³-hybridized carbons (Fsp3) is 0.167. The first kappa shape index (κ1) is 28.6. The van der Waals surface area contributed by atoms with Crippen molar-refractivity contribution in [1.82, 2.24) is 9.88 Å². The largest absolute Gasteiger partial charge is 0.416 e. The van der Waals surface area contributed by atoms with E-state index in [1.54, 1.807) is 30.3 Å². The van der Waals surface area contributed by atoms with Gasteiger partial charge in [0.05, 0.1) is 22.7 Å². The van der Waals surface area contributed by atoms with Crippen LogP contribution in [0.5, 0.6) is 0 Å². The highest BCUT2D eigenvalue weighted by Crippen LogP contribution is 2.30. The number of halogens is 3. The highest BCUT2D eigenvalue weighted by molar-refractivity contribution is 7.90. The molecule has 2 aromatic carbocycles. The second-order valence-electron chi connectivity index (χ2n) is 9.61. The number of amides is 1. The van der Waals surface area contributed by atoms with Gasteiger partial charge in [-0.15, -0.1) is 0 Å². The molecule has 0 saturated carbocycles. The molecule has 1 unspecified atom stereocenters. The number of sulfone groups is 1. The molecule has 42 heavy (non-hydrogen) atoms. The summed E-state index contributed by atoms with van der Waals surface area (Å²) in [5.41, 5.74) is 2.16. The number of carbonyl (C=O) groups excluding carboxylic acids is 1. The van der Waals surface area contributed by atoms with Crippen LogP contribution in [-0.4, -0.2) is 48.9 Å². The zero-order chi connectivity index (χ0) is 30.1. The van der Waals surface area contributed by atoms with Crippen molar-refractivity contribution in [3.05, 3.63) is 107 Å². The summed E-state index contributed by atoms with van der Waals surface area (Å²) in [4.78, 5) is 23.4. The van der Waals surface area contributed by atoms with E-state index in [0.29, 0.717) is 23.6 Å². The van der Waals surface area contributed by atoms with Gasteiger partial charge in [-0.25, -0.2) is 13.4 Å². The zero-order valence-electron chi connectivity index (χ0n) is 22.4. The number of aromatic nitrogens is 1. The SMILES string of the molecule is Cc1ccc(C(=O)Nc2cc(C(F)(F)F)ccn2)cc1C#CC1CN=C2C(Nc3ccc(S(C)(=O)=O)cc3)=CC=CN21. The van der Waals surface area contributed by atoms with Gasteiger partial charge in [0.2, 0.25) is 0 Å². The van der Waals surface area contributed by atoms with Crippen molar-refractivity contribution in [2.24, 2.45) is 4.99 Å². The Morgan fingerprint density at radius 3 is 2.57 bits per heavy atom. The first-order valence-electron chi connectivity index (χ1n) is 12.6. The van der Waals surface area contributed by atoms with Gasteiger partial charge >= 0.3 is 6.18 Å².